The second kappa shape index (κ2) is 7.85. The summed E-state index contributed by atoms with van der Waals surface area (Å²) >= 11 is 11.6. The Bertz CT molecular complexity index is 748. The van der Waals surface area contributed by atoms with Crippen molar-refractivity contribution in [3.05, 3.63) is 57.6 Å². The summed E-state index contributed by atoms with van der Waals surface area (Å²) in [5.41, 5.74) is 3.62. The minimum atomic E-state index is -0.435. The molecule has 0 saturated heterocycles. The van der Waals surface area contributed by atoms with Gasteiger partial charge in [0.2, 0.25) is 0 Å². The average Bonchev–Trinajstić information content (AvgIpc) is 2.50. The Hall–Kier alpha value is -2.24. The van der Waals surface area contributed by atoms with Gasteiger partial charge in [-0.2, -0.15) is 5.10 Å². The Kier molecular flexibility index (Phi) is 5.84. The molecule has 5 nitrogen and oxygen atoms in total. The number of carbonyl (C=O) groups is 1. The van der Waals surface area contributed by atoms with Gasteiger partial charge in [0.05, 0.1) is 11.2 Å². The third-order valence-corrected chi connectivity index (χ3v) is 3.32. The number of hydrogen-bond donors (Lipinski definition) is 2. The zero-order valence-electron chi connectivity index (χ0n) is 12.2. The summed E-state index contributed by atoms with van der Waals surface area (Å²) in [6.07, 6.45) is 1.25. The molecule has 2 aromatic rings. The Morgan fingerprint density at radius 3 is 2.87 bits per heavy atom. The first kappa shape index (κ1) is 17.1. The number of benzene rings is 2. The van der Waals surface area contributed by atoms with Gasteiger partial charge in [0.25, 0.3) is 5.91 Å². The molecule has 0 unspecified atom stereocenters. The molecule has 0 heterocycles. The molecule has 0 bridgehead atoms. The fraction of sp³-hybridized carbons (Fsp3) is 0.125. The number of halogens is 2. The lowest BCUT2D eigenvalue weighted by molar-refractivity contribution is -0.123. The number of carbonyl (C=O) groups excluding carboxylic acids is 1. The molecule has 0 aliphatic heterocycles. The molecule has 0 aromatic heterocycles. The molecule has 0 fully saturated rings. The van der Waals surface area contributed by atoms with Crippen molar-refractivity contribution in [2.24, 2.45) is 5.10 Å². The number of nitrogens with one attached hydrogen (secondary N) is 1. The van der Waals surface area contributed by atoms with E-state index < -0.39 is 5.91 Å². The first-order chi connectivity index (χ1) is 11.0. The van der Waals surface area contributed by atoms with Crippen LogP contribution in [0, 0.1) is 6.92 Å². The largest absolute Gasteiger partial charge is 0.506 e. The van der Waals surface area contributed by atoms with E-state index in [2.05, 4.69) is 10.5 Å². The SMILES string of the molecule is Cc1cccc(OCC(=O)N/N=C/c2cc(Cl)cc(Cl)c2O)c1. The predicted octanol–water partition coefficient (Wildman–Crippen LogP) is 3.54. The second-order valence-corrected chi connectivity index (χ2v) is 5.57. The summed E-state index contributed by atoms with van der Waals surface area (Å²) in [6.45, 7) is 1.75. The molecule has 0 aliphatic rings. The number of aromatic hydroxyl groups is 1. The van der Waals surface area contributed by atoms with Crippen LogP contribution in [0.3, 0.4) is 0 Å². The van der Waals surface area contributed by atoms with Gasteiger partial charge in [0.1, 0.15) is 11.5 Å². The van der Waals surface area contributed by atoms with Crippen molar-refractivity contribution >= 4 is 35.3 Å². The van der Waals surface area contributed by atoms with Gasteiger partial charge in [-0.25, -0.2) is 5.43 Å². The fourth-order valence-corrected chi connectivity index (χ4v) is 2.25. The molecule has 0 radical (unpaired) electrons. The van der Waals surface area contributed by atoms with Crippen molar-refractivity contribution < 1.29 is 14.6 Å². The maximum absolute atomic E-state index is 11.6. The molecule has 23 heavy (non-hydrogen) atoms. The van der Waals surface area contributed by atoms with Crippen LogP contribution in [0.25, 0.3) is 0 Å². The number of amides is 1. The van der Waals surface area contributed by atoms with E-state index in [0.717, 1.165) is 5.56 Å². The first-order valence-electron chi connectivity index (χ1n) is 6.65. The smallest absolute Gasteiger partial charge is 0.277 e. The topological polar surface area (TPSA) is 70.9 Å². The van der Waals surface area contributed by atoms with Crippen LogP contribution in [0.2, 0.25) is 10.0 Å². The highest BCUT2D eigenvalue weighted by Crippen LogP contribution is 2.29. The summed E-state index contributed by atoms with van der Waals surface area (Å²) in [7, 11) is 0. The van der Waals surface area contributed by atoms with Crippen LogP contribution < -0.4 is 10.2 Å². The monoisotopic (exact) mass is 352 g/mol. The van der Waals surface area contributed by atoms with Crippen LogP contribution in [-0.4, -0.2) is 23.8 Å². The molecule has 120 valence electrons. The molecule has 1 amide bonds. The zero-order valence-corrected chi connectivity index (χ0v) is 13.7. The summed E-state index contributed by atoms with van der Waals surface area (Å²) in [4.78, 5) is 11.6. The number of aryl methyl sites for hydroxylation is 1. The van der Waals surface area contributed by atoms with E-state index in [0.29, 0.717) is 16.3 Å². The highest BCUT2D eigenvalue weighted by atomic mass is 35.5. The van der Waals surface area contributed by atoms with E-state index in [1.54, 1.807) is 6.07 Å². The van der Waals surface area contributed by atoms with Gasteiger partial charge < -0.3 is 9.84 Å². The molecule has 7 heteroatoms. The Balaban J connectivity index is 1.89. The Labute approximate surface area is 143 Å². The highest BCUT2D eigenvalue weighted by Gasteiger charge is 2.06. The lowest BCUT2D eigenvalue weighted by Crippen LogP contribution is -2.24. The van der Waals surface area contributed by atoms with Crippen molar-refractivity contribution in [3.63, 3.8) is 0 Å². The van der Waals surface area contributed by atoms with Crippen LogP contribution in [0.15, 0.2) is 41.5 Å². The van der Waals surface area contributed by atoms with Gasteiger partial charge in [0, 0.05) is 10.6 Å². The van der Waals surface area contributed by atoms with Crippen LogP contribution in [0.4, 0.5) is 0 Å². The van der Waals surface area contributed by atoms with Crippen molar-refractivity contribution in [1.82, 2.24) is 5.43 Å². The molecule has 0 saturated carbocycles. The number of hydrogen-bond acceptors (Lipinski definition) is 4. The maximum Gasteiger partial charge on any atom is 0.277 e. The second-order valence-electron chi connectivity index (χ2n) is 4.72. The van der Waals surface area contributed by atoms with E-state index >= 15 is 0 Å². The molecule has 0 spiro atoms. The number of nitrogens with zero attached hydrogens (tertiary/aromatic N) is 1. The highest BCUT2D eigenvalue weighted by molar-refractivity contribution is 6.36. The third-order valence-electron chi connectivity index (χ3n) is 2.81. The maximum atomic E-state index is 11.6. The van der Waals surface area contributed by atoms with Crippen molar-refractivity contribution in [2.75, 3.05) is 6.61 Å². The van der Waals surface area contributed by atoms with Crippen molar-refractivity contribution in [2.45, 2.75) is 6.92 Å². The minimum Gasteiger partial charge on any atom is -0.506 e. The molecule has 2 N–H and O–H groups in total. The molecular formula is C16H14Cl2N2O3. The molecular weight excluding hydrogens is 339 g/mol. The summed E-state index contributed by atoms with van der Waals surface area (Å²) < 4.78 is 5.34. The van der Waals surface area contributed by atoms with Crippen molar-refractivity contribution in [1.29, 1.82) is 0 Å². The number of rotatable bonds is 5. The van der Waals surface area contributed by atoms with E-state index in [4.69, 9.17) is 27.9 Å². The Morgan fingerprint density at radius 2 is 2.13 bits per heavy atom. The summed E-state index contributed by atoms with van der Waals surface area (Å²) in [6, 6.07) is 10.2. The van der Waals surface area contributed by atoms with Gasteiger partial charge >= 0.3 is 0 Å². The third kappa shape index (κ3) is 5.16. The fourth-order valence-electron chi connectivity index (χ4n) is 1.74. The van der Waals surface area contributed by atoms with Crippen LogP contribution in [0.5, 0.6) is 11.5 Å². The Morgan fingerprint density at radius 1 is 1.35 bits per heavy atom. The number of hydrazone groups is 1. The average molecular weight is 353 g/mol. The quantitative estimate of drug-likeness (QED) is 0.638. The van der Waals surface area contributed by atoms with Gasteiger partial charge in [0.15, 0.2) is 6.61 Å². The van der Waals surface area contributed by atoms with Crippen LogP contribution in [0.1, 0.15) is 11.1 Å². The standard InChI is InChI=1S/C16H14Cl2N2O3/c1-10-3-2-4-13(5-10)23-9-15(21)20-19-8-11-6-12(17)7-14(18)16(11)22/h2-8,22H,9H2,1H3,(H,20,21)/b19-8+. The van der Waals surface area contributed by atoms with Crippen molar-refractivity contribution in [3.8, 4) is 11.5 Å². The lowest BCUT2D eigenvalue weighted by Gasteiger charge is -2.05. The molecule has 0 aliphatic carbocycles. The van der Waals surface area contributed by atoms with E-state index in [-0.39, 0.29) is 17.4 Å². The first-order valence-corrected chi connectivity index (χ1v) is 7.40. The predicted molar refractivity (Wildman–Crippen MR) is 90.5 cm³/mol. The lowest BCUT2D eigenvalue weighted by atomic mass is 10.2. The number of phenols is 1. The minimum absolute atomic E-state index is 0.105. The molecule has 2 aromatic carbocycles. The van der Waals surface area contributed by atoms with Gasteiger partial charge in [-0.05, 0) is 36.8 Å². The molecule has 0 atom stereocenters. The van der Waals surface area contributed by atoms with E-state index in [9.17, 15) is 9.90 Å². The zero-order chi connectivity index (χ0) is 16.8. The summed E-state index contributed by atoms with van der Waals surface area (Å²) in [5, 5.41) is 13.9. The van der Waals surface area contributed by atoms with Gasteiger partial charge in [-0.3, -0.25) is 4.79 Å². The summed E-state index contributed by atoms with van der Waals surface area (Å²) in [5.74, 6) is 0.00356. The van der Waals surface area contributed by atoms with Gasteiger partial charge in [-0.15, -0.1) is 0 Å². The van der Waals surface area contributed by atoms with E-state index in [1.807, 2.05) is 25.1 Å². The normalized spacial score (nSPS) is 10.7. The number of phenolic OH excluding ortho intramolecular Hbond substituents is 1. The van der Waals surface area contributed by atoms with Gasteiger partial charge in [-0.1, -0.05) is 35.3 Å². The van der Waals surface area contributed by atoms with Crippen LogP contribution in [-0.2, 0) is 4.79 Å². The molecule has 2 rings (SSSR count). The van der Waals surface area contributed by atoms with E-state index in [1.165, 1.54) is 18.3 Å². The van der Waals surface area contributed by atoms with Crippen LogP contribution >= 0.6 is 23.2 Å². The number of ether oxygens (including phenoxy) is 1.